The van der Waals surface area contributed by atoms with Gasteiger partial charge in [0.25, 0.3) is 0 Å². The molecule has 7 heteroatoms. The minimum Gasteiger partial charge on any atom is -0.369 e. The second-order valence-electron chi connectivity index (χ2n) is 10.8. The summed E-state index contributed by atoms with van der Waals surface area (Å²) in [6, 6.07) is 25.4. The molecule has 1 amide bonds. The van der Waals surface area contributed by atoms with Gasteiger partial charge in [0.2, 0.25) is 5.91 Å². The van der Waals surface area contributed by atoms with Gasteiger partial charge in [-0.2, -0.15) is 5.10 Å². The Morgan fingerprint density at radius 1 is 0.951 bits per heavy atom. The largest absolute Gasteiger partial charge is 0.369 e. The van der Waals surface area contributed by atoms with Gasteiger partial charge in [-0.25, -0.2) is 0 Å². The van der Waals surface area contributed by atoms with E-state index in [1.165, 1.54) is 16.8 Å². The van der Waals surface area contributed by atoms with E-state index in [1.807, 2.05) is 42.6 Å². The van der Waals surface area contributed by atoms with Gasteiger partial charge in [0, 0.05) is 54.4 Å². The van der Waals surface area contributed by atoms with Crippen LogP contribution in [0.15, 0.2) is 78.2 Å². The van der Waals surface area contributed by atoms with Crippen molar-refractivity contribution in [3.63, 3.8) is 0 Å². The third kappa shape index (κ3) is 6.42. The van der Waals surface area contributed by atoms with Crippen LogP contribution in [-0.2, 0) is 17.8 Å². The molecule has 41 heavy (non-hydrogen) atoms. The predicted molar refractivity (Wildman–Crippen MR) is 172 cm³/mol. The minimum absolute atomic E-state index is 0.0103. The minimum atomic E-state index is -0.0103. The highest BCUT2D eigenvalue weighted by atomic mass is 32.1. The summed E-state index contributed by atoms with van der Waals surface area (Å²) in [6.07, 6.45) is 4.54. The van der Waals surface area contributed by atoms with Crippen molar-refractivity contribution in [1.82, 2.24) is 15.1 Å². The SMILES string of the molecule is Cc1cc2[nH]nc(/C=C/c3cccc(CN4CCN(c5ccccc5C)CC4)c3)c2cc1NC(=O)Cc1cccs1. The monoisotopic (exact) mass is 561 g/mol. The number of H-pyrrole nitrogens is 1. The number of carbonyl (C=O) groups is 1. The number of nitrogens with zero attached hydrogens (tertiary/aromatic N) is 3. The van der Waals surface area contributed by atoms with Crippen molar-refractivity contribution in [1.29, 1.82) is 0 Å². The van der Waals surface area contributed by atoms with Crippen molar-refractivity contribution in [2.45, 2.75) is 26.8 Å². The summed E-state index contributed by atoms with van der Waals surface area (Å²) in [4.78, 5) is 18.7. The van der Waals surface area contributed by atoms with Gasteiger partial charge in [0.1, 0.15) is 0 Å². The lowest BCUT2D eigenvalue weighted by Crippen LogP contribution is -2.46. The van der Waals surface area contributed by atoms with Gasteiger partial charge < -0.3 is 10.2 Å². The van der Waals surface area contributed by atoms with Crippen LogP contribution >= 0.6 is 11.3 Å². The molecule has 2 aromatic heterocycles. The van der Waals surface area contributed by atoms with Gasteiger partial charge in [-0.1, -0.05) is 54.6 Å². The number of thiophene rings is 1. The molecule has 0 aliphatic carbocycles. The predicted octanol–water partition coefficient (Wildman–Crippen LogP) is 6.92. The summed E-state index contributed by atoms with van der Waals surface area (Å²) < 4.78 is 0. The number of benzene rings is 3. The number of fused-ring (bicyclic) bond motifs is 1. The molecule has 0 saturated carbocycles. The lowest BCUT2D eigenvalue weighted by atomic mass is 10.1. The fourth-order valence-electron chi connectivity index (χ4n) is 5.51. The Labute approximate surface area is 245 Å². The number of rotatable bonds is 8. The number of para-hydroxylation sites is 1. The molecule has 5 aromatic rings. The number of piperazine rings is 1. The number of hydrogen-bond donors (Lipinski definition) is 2. The molecule has 1 aliphatic rings. The fourth-order valence-corrected chi connectivity index (χ4v) is 6.22. The zero-order valence-corrected chi connectivity index (χ0v) is 24.4. The molecule has 0 spiro atoms. The molecule has 3 heterocycles. The Balaban J connectivity index is 1.11. The Morgan fingerprint density at radius 2 is 1.80 bits per heavy atom. The molecule has 0 radical (unpaired) electrons. The molecule has 0 bridgehead atoms. The van der Waals surface area contributed by atoms with E-state index in [0.717, 1.165) is 71.0 Å². The number of anilines is 2. The Hall–Kier alpha value is -4.20. The first-order chi connectivity index (χ1) is 20.0. The van der Waals surface area contributed by atoms with Crippen LogP contribution in [0.5, 0.6) is 0 Å². The summed E-state index contributed by atoms with van der Waals surface area (Å²) in [6.45, 7) is 9.35. The quantitative estimate of drug-likeness (QED) is 0.216. The van der Waals surface area contributed by atoms with Crippen LogP contribution in [0, 0.1) is 13.8 Å². The van der Waals surface area contributed by atoms with Gasteiger partial charge in [-0.3, -0.25) is 14.8 Å². The van der Waals surface area contributed by atoms with Crippen molar-refractivity contribution in [3.05, 3.63) is 111 Å². The molecule has 6 rings (SSSR count). The molecule has 208 valence electrons. The Morgan fingerprint density at radius 3 is 2.61 bits per heavy atom. The van der Waals surface area contributed by atoms with Crippen LogP contribution in [0.3, 0.4) is 0 Å². The fraction of sp³-hybridized carbons (Fsp3) is 0.235. The highest BCUT2D eigenvalue weighted by Gasteiger charge is 2.18. The van der Waals surface area contributed by atoms with Gasteiger partial charge in [-0.15, -0.1) is 11.3 Å². The van der Waals surface area contributed by atoms with E-state index in [4.69, 9.17) is 0 Å². The zero-order valence-electron chi connectivity index (χ0n) is 23.6. The van der Waals surface area contributed by atoms with E-state index in [-0.39, 0.29) is 5.91 Å². The van der Waals surface area contributed by atoms with Crippen molar-refractivity contribution < 1.29 is 4.79 Å². The number of aromatic amines is 1. The van der Waals surface area contributed by atoms with Crippen molar-refractivity contribution >= 4 is 51.7 Å². The van der Waals surface area contributed by atoms with Crippen LogP contribution in [0.4, 0.5) is 11.4 Å². The molecule has 1 fully saturated rings. The van der Waals surface area contributed by atoms with Crippen molar-refractivity contribution in [2.75, 3.05) is 36.4 Å². The van der Waals surface area contributed by atoms with Crippen LogP contribution in [0.1, 0.15) is 32.8 Å². The van der Waals surface area contributed by atoms with Gasteiger partial charge in [0.15, 0.2) is 0 Å². The molecule has 0 unspecified atom stereocenters. The standard InChI is InChI=1S/C34H35N5OS/c1-24-7-3-4-11-33(24)39-16-14-38(15-17-39)23-27-9-5-8-26(20-27)12-13-30-29-22-31(25(2)19-32(29)37-36-30)35-34(40)21-28-10-6-18-41-28/h3-13,18-20,22H,14-17,21,23H2,1-2H3,(H,35,40)(H,36,37)/b13-12+. The van der Waals surface area contributed by atoms with Crippen molar-refractivity contribution in [2.24, 2.45) is 0 Å². The second kappa shape index (κ2) is 12.1. The molecule has 2 N–H and O–H groups in total. The van der Waals surface area contributed by atoms with Crippen molar-refractivity contribution in [3.8, 4) is 0 Å². The van der Waals surface area contributed by atoms with E-state index in [1.54, 1.807) is 11.3 Å². The smallest absolute Gasteiger partial charge is 0.229 e. The number of carbonyl (C=O) groups excluding carboxylic acids is 1. The lowest BCUT2D eigenvalue weighted by Gasteiger charge is -2.36. The van der Waals surface area contributed by atoms with E-state index in [9.17, 15) is 4.79 Å². The molecular weight excluding hydrogens is 526 g/mol. The molecule has 1 aliphatic heterocycles. The topological polar surface area (TPSA) is 64.3 Å². The molecule has 1 saturated heterocycles. The molecular formula is C34H35N5OS. The highest BCUT2D eigenvalue weighted by molar-refractivity contribution is 7.10. The van der Waals surface area contributed by atoms with E-state index in [0.29, 0.717) is 6.42 Å². The van der Waals surface area contributed by atoms with Crippen LogP contribution in [0.25, 0.3) is 23.1 Å². The average Bonchev–Trinajstić information content (AvgIpc) is 3.63. The third-order valence-corrected chi connectivity index (χ3v) is 8.62. The maximum atomic E-state index is 12.6. The number of aromatic nitrogens is 2. The van der Waals surface area contributed by atoms with E-state index in [2.05, 4.69) is 86.8 Å². The third-order valence-electron chi connectivity index (χ3n) is 7.75. The average molecular weight is 562 g/mol. The summed E-state index contributed by atoms with van der Waals surface area (Å²) in [5, 5.41) is 13.8. The lowest BCUT2D eigenvalue weighted by molar-refractivity contribution is -0.115. The van der Waals surface area contributed by atoms with E-state index < -0.39 is 0 Å². The maximum Gasteiger partial charge on any atom is 0.229 e. The van der Waals surface area contributed by atoms with Gasteiger partial charge in [-0.05, 0) is 71.8 Å². The first kappa shape index (κ1) is 27.0. The number of aryl methyl sites for hydroxylation is 2. The second-order valence-corrected chi connectivity index (χ2v) is 11.8. The van der Waals surface area contributed by atoms with E-state index >= 15 is 0 Å². The Kier molecular flexibility index (Phi) is 7.98. The Bertz CT molecular complexity index is 1680. The molecule has 6 nitrogen and oxygen atoms in total. The first-order valence-corrected chi connectivity index (χ1v) is 15.0. The number of amides is 1. The summed E-state index contributed by atoms with van der Waals surface area (Å²) >= 11 is 1.60. The van der Waals surface area contributed by atoms with Crippen LogP contribution < -0.4 is 10.2 Å². The molecule has 3 aromatic carbocycles. The van der Waals surface area contributed by atoms with Gasteiger partial charge in [0.05, 0.1) is 17.6 Å². The van der Waals surface area contributed by atoms with Crippen LogP contribution in [-0.4, -0.2) is 47.2 Å². The van der Waals surface area contributed by atoms with Crippen LogP contribution in [0.2, 0.25) is 0 Å². The normalized spacial score (nSPS) is 14.2. The van der Waals surface area contributed by atoms with Gasteiger partial charge >= 0.3 is 0 Å². The number of nitrogens with one attached hydrogen (secondary N) is 2. The number of hydrogen-bond acceptors (Lipinski definition) is 5. The maximum absolute atomic E-state index is 12.6. The summed E-state index contributed by atoms with van der Waals surface area (Å²) in [5.41, 5.74) is 8.79. The first-order valence-electron chi connectivity index (χ1n) is 14.1. The summed E-state index contributed by atoms with van der Waals surface area (Å²) in [7, 11) is 0. The molecule has 0 atom stereocenters. The highest BCUT2D eigenvalue weighted by Crippen LogP contribution is 2.27. The summed E-state index contributed by atoms with van der Waals surface area (Å²) in [5.74, 6) is -0.0103. The zero-order chi connectivity index (χ0) is 28.2.